The summed E-state index contributed by atoms with van der Waals surface area (Å²) >= 11 is -1.91. The van der Waals surface area contributed by atoms with Gasteiger partial charge < -0.3 is 4.55 Å². The molecule has 2 atom stereocenters. The van der Waals surface area contributed by atoms with Crippen molar-refractivity contribution >= 4 is 21.9 Å². The maximum Gasteiger partial charge on any atom is 0.187 e. The van der Waals surface area contributed by atoms with Gasteiger partial charge in [-0.15, -0.1) is 0 Å². The van der Waals surface area contributed by atoms with E-state index >= 15 is 0 Å². The molecule has 0 aromatic heterocycles. The second kappa shape index (κ2) is 4.40. The SMILES string of the molecule is C[C@@H]1CCc2c1cc(S(=O)O)c1cc(C3CC3)ccc21. The van der Waals surface area contributed by atoms with Crippen molar-refractivity contribution in [2.45, 2.75) is 49.3 Å². The minimum absolute atomic E-state index is 0.500. The highest BCUT2D eigenvalue weighted by Gasteiger charge is 2.27. The fourth-order valence-electron chi connectivity index (χ4n) is 3.54. The molecule has 0 spiro atoms. The average Bonchev–Trinajstić information content (AvgIpc) is 3.22. The molecule has 104 valence electrons. The molecule has 0 heterocycles. The number of fused-ring (bicyclic) bond motifs is 3. The van der Waals surface area contributed by atoms with Crippen LogP contribution in [0.3, 0.4) is 0 Å². The molecular formula is C17H18O2S. The zero-order chi connectivity index (χ0) is 13.9. The van der Waals surface area contributed by atoms with Gasteiger partial charge in [-0.2, -0.15) is 0 Å². The molecule has 1 fully saturated rings. The van der Waals surface area contributed by atoms with Gasteiger partial charge in [0.1, 0.15) is 0 Å². The van der Waals surface area contributed by atoms with Crippen LogP contribution in [0.1, 0.15) is 54.7 Å². The highest BCUT2D eigenvalue weighted by Crippen LogP contribution is 2.44. The van der Waals surface area contributed by atoms with Crippen molar-refractivity contribution in [3.63, 3.8) is 0 Å². The number of hydrogen-bond acceptors (Lipinski definition) is 1. The van der Waals surface area contributed by atoms with Crippen LogP contribution in [0.15, 0.2) is 29.2 Å². The lowest BCUT2D eigenvalue weighted by Gasteiger charge is -2.12. The van der Waals surface area contributed by atoms with Crippen molar-refractivity contribution in [2.75, 3.05) is 0 Å². The Bertz CT molecular complexity index is 731. The summed E-state index contributed by atoms with van der Waals surface area (Å²) in [5.74, 6) is 1.17. The molecule has 0 amide bonds. The maximum absolute atomic E-state index is 11.7. The summed E-state index contributed by atoms with van der Waals surface area (Å²) in [6.45, 7) is 2.21. The summed E-state index contributed by atoms with van der Waals surface area (Å²) in [5.41, 5.74) is 3.99. The molecule has 20 heavy (non-hydrogen) atoms. The zero-order valence-corrected chi connectivity index (χ0v) is 12.4. The molecule has 2 aromatic rings. The number of benzene rings is 2. The predicted octanol–water partition coefficient (Wildman–Crippen LogP) is 4.35. The van der Waals surface area contributed by atoms with Crippen LogP contribution in [-0.2, 0) is 17.5 Å². The van der Waals surface area contributed by atoms with Crippen molar-refractivity contribution in [3.05, 3.63) is 41.0 Å². The Hall–Kier alpha value is -1.19. The minimum Gasteiger partial charge on any atom is -0.302 e. The Balaban J connectivity index is 2.03. The quantitative estimate of drug-likeness (QED) is 0.833. The lowest BCUT2D eigenvalue weighted by molar-refractivity contribution is 0.565. The summed E-state index contributed by atoms with van der Waals surface area (Å²) in [5, 5.41) is 2.18. The van der Waals surface area contributed by atoms with Gasteiger partial charge in [-0.1, -0.05) is 19.1 Å². The van der Waals surface area contributed by atoms with Gasteiger partial charge in [0.2, 0.25) is 0 Å². The van der Waals surface area contributed by atoms with Crippen LogP contribution >= 0.6 is 0 Å². The first-order chi connectivity index (χ1) is 9.65. The summed E-state index contributed by atoms with van der Waals surface area (Å²) < 4.78 is 21.4. The fraction of sp³-hybridized carbons (Fsp3) is 0.412. The van der Waals surface area contributed by atoms with Gasteiger partial charge in [-0.25, -0.2) is 4.21 Å². The normalized spacial score (nSPS) is 23.0. The Morgan fingerprint density at radius 1 is 1.15 bits per heavy atom. The van der Waals surface area contributed by atoms with Gasteiger partial charge >= 0.3 is 0 Å². The topological polar surface area (TPSA) is 37.3 Å². The molecule has 3 heteroatoms. The van der Waals surface area contributed by atoms with Crippen LogP contribution < -0.4 is 0 Å². The number of hydrogen-bond donors (Lipinski definition) is 1. The highest BCUT2D eigenvalue weighted by molar-refractivity contribution is 7.79. The molecule has 0 saturated heterocycles. The Kier molecular flexibility index (Phi) is 2.76. The van der Waals surface area contributed by atoms with E-state index in [1.165, 1.54) is 34.9 Å². The molecule has 2 aliphatic carbocycles. The van der Waals surface area contributed by atoms with Crippen LogP contribution in [-0.4, -0.2) is 8.76 Å². The molecule has 2 aromatic carbocycles. The third-order valence-electron chi connectivity index (χ3n) is 4.86. The molecule has 1 saturated carbocycles. The molecular weight excluding hydrogens is 268 g/mol. The molecule has 0 aliphatic heterocycles. The minimum atomic E-state index is -1.91. The van der Waals surface area contributed by atoms with Gasteiger partial charge in [-0.05, 0) is 71.7 Å². The summed E-state index contributed by atoms with van der Waals surface area (Å²) in [7, 11) is 0. The van der Waals surface area contributed by atoms with Crippen LogP contribution in [0.25, 0.3) is 10.8 Å². The molecule has 2 nitrogen and oxygen atoms in total. The van der Waals surface area contributed by atoms with Crippen molar-refractivity contribution in [1.82, 2.24) is 0 Å². The van der Waals surface area contributed by atoms with Crippen molar-refractivity contribution < 1.29 is 8.76 Å². The Morgan fingerprint density at radius 2 is 1.95 bits per heavy atom. The molecule has 2 aliphatic rings. The van der Waals surface area contributed by atoms with Gasteiger partial charge in [0.25, 0.3) is 0 Å². The first-order valence-electron chi connectivity index (χ1n) is 7.35. The van der Waals surface area contributed by atoms with E-state index in [-0.39, 0.29) is 0 Å². The second-order valence-corrected chi connectivity index (χ2v) is 7.15. The van der Waals surface area contributed by atoms with Gasteiger partial charge in [0.15, 0.2) is 11.1 Å². The lowest BCUT2D eigenvalue weighted by atomic mass is 9.96. The van der Waals surface area contributed by atoms with E-state index in [2.05, 4.69) is 25.1 Å². The average molecular weight is 286 g/mol. The van der Waals surface area contributed by atoms with Crippen molar-refractivity contribution in [1.29, 1.82) is 0 Å². The van der Waals surface area contributed by atoms with E-state index in [4.69, 9.17) is 0 Å². The summed E-state index contributed by atoms with van der Waals surface area (Å²) in [6.07, 6.45) is 4.75. The van der Waals surface area contributed by atoms with E-state index in [1.54, 1.807) is 0 Å². The van der Waals surface area contributed by atoms with Crippen LogP contribution in [0.4, 0.5) is 0 Å². The first kappa shape index (κ1) is 12.5. The van der Waals surface area contributed by atoms with Gasteiger partial charge in [0, 0.05) is 5.39 Å². The Morgan fingerprint density at radius 3 is 2.65 bits per heavy atom. The monoisotopic (exact) mass is 286 g/mol. The Labute approximate surface area is 121 Å². The van der Waals surface area contributed by atoms with Crippen LogP contribution in [0.5, 0.6) is 0 Å². The number of aryl methyl sites for hydroxylation is 1. The molecule has 1 unspecified atom stereocenters. The van der Waals surface area contributed by atoms with E-state index in [9.17, 15) is 8.76 Å². The predicted molar refractivity (Wildman–Crippen MR) is 81.7 cm³/mol. The molecule has 1 N–H and O–H groups in total. The molecule has 0 radical (unpaired) electrons. The second-order valence-electron chi connectivity index (χ2n) is 6.21. The largest absolute Gasteiger partial charge is 0.302 e. The van der Waals surface area contributed by atoms with Gasteiger partial charge in [-0.3, -0.25) is 0 Å². The third-order valence-corrected chi connectivity index (χ3v) is 5.58. The molecule has 0 bridgehead atoms. The standard InChI is InChI=1S/C17H18O2S/c1-10-2-6-13-14-7-5-12(11-3-4-11)8-16(14)17(20(18)19)9-15(10)13/h5,7-11H,2-4,6H2,1H3,(H,18,19)/t10-/m1/s1. The van der Waals surface area contributed by atoms with Crippen molar-refractivity contribution in [2.24, 2.45) is 0 Å². The van der Waals surface area contributed by atoms with E-state index < -0.39 is 11.1 Å². The van der Waals surface area contributed by atoms with Crippen LogP contribution in [0.2, 0.25) is 0 Å². The zero-order valence-electron chi connectivity index (χ0n) is 11.6. The lowest BCUT2D eigenvalue weighted by Crippen LogP contribution is -1.97. The van der Waals surface area contributed by atoms with Crippen LogP contribution in [0, 0.1) is 0 Å². The summed E-state index contributed by atoms with van der Waals surface area (Å²) in [6, 6.07) is 8.52. The fourth-order valence-corrected chi connectivity index (χ4v) is 4.13. The van der Waals surface area contributed by atoms with E-state index in [0.29, 0.717) is 16.7 Å². The summed E-state index contributed by atoms with van der Waals surface area (Å²) in [4.78, 5) is 0.593. The smallest absolute Gasteiger partial charge is 0.187 e. The maximum atomic E-state index is 11.7. The number of rotatable bonds is 2. The van der Waals surface area contributed by atoms with E-state index in [1.807, 2.05) is 6.07 Å². The third kappa shape index (κ3) is 1.84. The van der Waals surface area contributed by atoms with Crippen molar-refractivity contribution in [3.8, 4) is 0 Å². The first-order valence-corrected chi connectivity index (χ1v) is 8.46. The molecule has 4 rings (SSSR count). The highest BCUT2D eigenvalue weighted by atomic mass is 32.2. The van der Waals surface area contributed by atoms with Gasteiger partial charge in [0.05, 0.1) is 4.90 Å². The van der Waals surface area contributed by atoms with E-state index in [0.717, 1.165) is 18.2 Å².